The molecule has 1 atom stereocenters. The van der Waals surface area contributed by atoms with E-state index in [1.165, 1.54) is 7.11 Å². The summed E-state index contributed by atoms with van der Waals surface area (Å²) < 4.78 is 10.0. The molecule has 0 saturated carbocycles. The predicted molar refractivity (Wildman–Crippen MR) is 61.3 cm³/mol. The predicted octanol–water partition coefficient (Wildman–Crippen LogP) is -0.142. The minimum Gasteiger partial charge on any atom is -0.468 e. The van der Waals surface area contributed by atoms with E-state index in [0.29, 0.717) is 12.6 Å². The number of hydrogen-bond acceptors (Lipinski definition) is 5. The fourth-order valence-corrected chi connectivity index (χ4v) is 2.01. The number of esters is 1. The third-order valence-electron chi connectivity index (χ3n) is 3.14. The first-order valence-corrected chi connectivity index (χ1v) is 5.71. The van der Waals surface area contributed by atoms with Gasteiger partial charge in [0.05, 0.1) is 13.2 Å². The quantitative estimate of drug-likeness (QED) is 0.666. The number of ether oxygens (including phenoxy) is 2. The average molecular weight is 230 g/mol. The summed E-state index contributed by atoms with van der Waals surface area (Å²) in [6, 6.07) is -0.232. The second-order valence-electron chi connectivity index (χ2n) is 4.10. The van der Waals surface area contributed by atoms with Crippen molar-refractivity contribution in [1.29, 1.82) is 0 Å². The normalized spacial score (nSPS) is 20.7. The maximum atomic E-state index is 11.4. The van der Waals surface area contributed by atoms with Gasteiger partial charge in [-0.25, -0.2) is 0 Å². The number of carbonyl (C=O) groups excluding carboxylic acids is 1. The first-order valence-electron chi connectivity index (χ1n) is 5.71. The molecule has 1 saturated heterocycles. The van der Waals surface area contributed by atoms with Gasteiger partial charge >= 0.3 is 5.97 Å². The third kappa shape index (κ3) is 3.73. The summed E-state index contributed by atoms with van der Waals surface area (Å²) in [6.07, 6.45) is 2.45. The Labute approximate surface area is 97.1 Å². The molecule has 5 heteroatoms. The summed E-state index contributed by atoms with van der Waals surface area (Å²) in [5.74, 6) is -0.198. The van der Waals surface area contributed by atoms with Crippen LogP contribution in [-0.2, 0) is 14.3 Å². The Bertz CT molecular complexity index is 215. The highest BCUT2D eigenvalue weighted by Gasteiger charge is 2.24. The van der Waals surface area contributed by atoms with Crippen LogP contribution in [0.25, 0.3) is 0 Å². The van der Waals surface area contributed by atoms with E-state index < -0.39 is 0 Å². The zero-order valence-corrected chi connectivity index (χ0v) is 10.4. The lowest BCUT2D eigenvalue weighted by Gasteiger charge is -2.32. The lowest BCUT2D eigenvalue weighted by atomic mass is 10.1. The maximum absolute atomic E-state index is 11.4. The van der Waals surface area contributed by atoms with Crippen LogP contribution < -0.4 is 5.32 Å². The standard InChI is InChI=1S/C11H22N2O3/c1-12-10(11(14)16-3)8-13-6-4-9(15-2)5-7-13/h9-10,12H,4-8H2,1-3H3. The van der Waals surface area contributed by atoms with Crippen LogP contribution in [0.4, 0.5) is 0 Å². The molecule has 1 unspecified atom stereocenters. The second kappa shape index (κ2) is 6.83. The highest BCUT2D eigenvalue weighted by molar-refractivity contribution is 5.75. The molecule has 0 bridgehead atoms. The van der Waals surface area contributed by atoms with Gasteiger partial charge in [0.1, 0.15) is 6.04 Å². The van der Waals surface area contributed by atoms with Crippen molar-refractivity contribution in [3.63, 3.8) is 0 Å². The van der Waals surface area contributed by atoms with Gasteiger partial charge in [0.25, 0.3) is 0 Å². The van der Waals surface area contributed by atoms with E-state index in [9.17, 15) is 4.79 Å². The first-order chi connectivity index (χ1) is 7.71. The number of nitrogens with zero attached hydrogens (tertiary/aromatic N) is 1. The van der Waals surface area contributed by atoms with Gasteiger partial charge in [-0.3, -0.25) is 4.79 Å². The van der Waals surface area contributed by atoms with Crippen molar-refractivity contribution < 1.29 is 14.3 Å². The summed E-state index contributed by atoms with van der Waals surface area (Å²) in [5.41, 5.74) is 0. The van der Waals surface area contributed by atoms with Gasteiger partial charge in [-0.1, -0.05) is 0 Å². The average Bonchev–Trinajstić information content (AvgIpc) is 2.35. The van der Waals surface area contributed by atoms with Crippen LogP contribution in [0.1, 0.15) is 12.8 Å². The number of likely N-dealkylation sites (tertiary alicyclic amines) is 1. The molecule has 1 rings (SSSR count). The number of methoxy groups -OCH3 is 2. The lowest BCUT2D eigenvalue weighted by Crippen LogP contribution is -2.48. The summed E-state index contributed by atoms with van der Waals surface area (Å²) in [5, 5.41) is 2.98. The molecule has 94 valence electrons. The fraction of sp³-hybridized carbons (Fsp3) is 0.909. The Balaban J connectivity index is 2.34. The van der Waals surface area contributed by atoms with Crippen molar-refractivity contribution in [2.24, 2.45) is 0 Å². The summed E-state index contributed by atoms with van der Waals surface area (Å²) in [6.45, 7) is 2.67. The van der Waals surface area contributed by atoms with Crippen molar-refractivity contribution in [2.75, 3.05) is 40.9 Å². The van der Waals surface area contributed by atoms with Gasteiger partial charge in [-0.05, 0) is 19.9 Å². The van der Waals surface area contributed by atoms with Crippen LogP contribution in [0.3, 0.4) is 0 Å². The number of carbonyl (C=O) groups is 1. The van der Waals surface area contributed by atoms with Crippen LogP contribution in [-0.4, -0.2) is 63.9 Å². The molecule has 0 spiro atoms. The molecule has 1 aliphatic rings. The maximum Gasteiger partial charge on any atom is 0.324 e. The van der Waals surface area contributed by atoms with E-state index in [2.05, 4.69) is 10.2 Å². The van der Waals surface area contributed by atoms with Gasteiger partial charge in [0.2, 0.25) is 0 Å². The summed E-state index contributed by atoms with van der Waals surface area (Å²) in [4.78, 5) is 13.7. The third-order valence-corrected chi connectivity index (χ3v) is 3.14. The first kappa shape index (κ1) is 13.4. The second-order valence-corrected chi connectivity index (χ2v) is 4.10. The van der Waals surface area contributed by atoms with Gasteiger partial charge in [-0.2, -0.15) is 0 Å². The van der Waals surface area contributed by atoms with Gasteiger partial charge < -0.3 is 19.7 Å². The fourth-order valence-electron chi connectivity index (χ4n) is 2.01. The van der Waals surface area contributed by atoms with Gasteiger partial charge in [-0.15, -0.1) is 0 Å². The number of hydrogen-bond donors (Lipinski definition) is 1. The Morgan fingerprint density at radius 2 is 2.06 bits per heavy atom. The summed E-state index contributed by atoms with van der Waals surface area (Å²) in [7, 11) is 4.96. The molecule has 1 fully saturated rings. The van der Waals surface area contributed by atoms with Crippen molar-refractivity contribution >= 4 is 5.97 Å². The molecule has 1 N–H and O–H groups in total. The zero-order chi connectivity index (χ0) is 12.0. The molecule has 5 nitrogen and oxygen atoms in total. The smallest absolute Gasteiger partial charge is 0.324 e. The molecule has 0 amide bonds. The molecule has 1 heterocycles. The van der Waals surface area contributed by atoms with Gasteiger partial charge in [0, 0.05) is 26.7 Å². The van der Waals surface area contributed by atoms with Crippen LogP contribution >= 0.6 is 0 Å². The Morgan fingerprint density at radius 3 is 2.50 bits per heavy atom. The minimum atomic E-state index is -0.232. The SMILES string of the molecule is CNC(CN1CCC(OC)CC1)C(=O)OC. The summed E-state index contributed by atoms with van der Waals surface area (Å²) >= 11 is 0. The number of nitrogens with one attached hydrogen (secondary N) is 1. The molecule has 1 aliphatic heterocycles. The van der Waals surface area contributed by atoms with Crippen LogP contribution in [0.2, 0.25) is 0 Å². The van der Waals surface area contributed by atoms with E-state index >= 15 is 0 Å². The highest BCUT2D eigenvalue weighted by atomic mass is 16.5. The Kier molecular flexibility index (Phi) is 5.73. The van der Waals surface area contributed by atoms with E-state index in [4.69, 9.17) is 9.47 Å². The van der Waals surface area contributed by atoms with Crippen molar-refractivity contribution in [3.05, 3.63) is 0 Å². The van der Waals surface area contributed by atoms with Gasteiger partial charge in [0.15, 0.2) is 0 Å². The molecule has 16 heavy (non-hydrogen) atoms. The molecular weight excluding hydrogens is 208 g/mol. The number of rotatable bonds is 5. The lowest BCUT2D eigenvalue weighted by molar-refractivity contribution is -0.143. The van der Waals surface area contributed by atoms with Crippen molar-refractivity contribution in [3.8, 4) is 0 Å². The Morgan fingerprint density at radius 1 is 1.44 bits per heavy atom. The van der Waals surface area contributed by atoms with E-state index in [1.807, 2.05) is 0 Å². The molecule has 0 aliphatic carbocycles. The van der Waals surface area contributed by atoms with Crippen molar-refractivity contribution in [1.82, 2.24) is 10.2 Å². The largest absolute Gasteiger partial charge is 0.468 e. The van der Waals surface area contributed by atoms with Crippen LogP contribution in [0.15, 0.2) is 0 Å². The monoisotopic (exact) mass is 230 g/mol. The van der Waals surface area contributed by atoms with Crippen molar-refractivity contribution in [2.45, 2.75) is 25.0 Å². The highest BCUT2D eigenvalue weighted by Crippen LogP contribution is 2.13. The van der Waals surface area contributed by atoms with Crippen LogP contribution in [0, 0.1) is 0 Å². The molecule has 0 aromatic rings. The number of piperidine rings is 1. The van der Waals surface area contributed by atoms with Crippen LogP contribution in [0.5, 0.6) is 0 Å². The van der Waals surface area contributed by atoms with E-state index in [-0.39, 0.29) is 12.0 Å². The minimum absolute atomic E-state index is 0.198. The van der Waals surface area contributed by atoms with E-state index in [0.717, 1.165) is 25.9 Å². The number of likely N-dealkylation sites (N-methyl/N-ethyl adjacent to an activating group) is 1. The molecule has 0 radical (unpaired) electrons. The molecule has 0 aromatic heterocycles. The topological polar surface area (TPSA) is 50.8 Å². The Hall–Kier alpha value is -0.650. The zero-order valence-electron chi connectivity index (χ0n) is 10.4. The molecular formula is C11H22N2O3. The van der Waals surface area contributed by atoms with E-state index in [1.54, 1.807) is 14.2 Å². The molecule has 0 aromatic carbocycles.